The van der Waals surface area contributed by atoms with Crippen molar-refractivity contribution < 1.29 is 13.2 Å². The molecular weight excluding hydrogens is 302 g/mol. The van der Waals surface area contributed by atoms with Crippen LogP contribution in [0.3, 0.4) is 0 Å². The van der Waals surface area contributed by atoms with Crippen molar-refractivity contribution in [2.75, 3.05) is 18.4 Å². The Bertz CT molecular complexity index is 606. The molecule has 0 radical (unpaired) electrons. The van der Waals surface area contributed by atoms with Crippen LogP contribution in [0.25, 0.3) is 0 Å². The van der Waals surface area contributed by atoms with Gasteiger partial charge in [0.05, 0.1) is 5.25 Å². The zero-order valence-corrected chi connectivity index (χ0v) is 12.3. The average molecular weight is 318 g/mol. The molecule has 1 aliphatic rings. The number of likely N-dealkylation sites (tertiary alicyclic amines) is 1. The molecule has 1 fully saturated rings. The van der Waals surface area contributed by atoms with E-state index in [2.05, 4.69) is 5.32 Å². The number of nitrogens with two attached hydrogens (primary N) is 1. The molecule has 110 valence electrons. The van der Waals surface area contributed by atoms with Crippen molar-refractivity contribution in [2.45, 2.75) is 18.1 Å². The van der Waals surface area contributed by atoms with Gasteiger partial charge in [0, 0.05) is 23.8 Å². The Morgan fingerprint density at radius 2 is 2.20 bits per heavy atom. The van der Waals surface area contributed by atoms with Gasteiger partial charge in [-0.05, 0) is 31.0 Å². The standard InChI is InChI=1S/C12H16ClN3O3S/c13-9-3-1-4-10(7-9)15-12(17)16-6-2-5-11(8-16)20(14,18)19/h1,3-4,7,11H,2,5-6,8H2,(H,15,17)(H2,14,18,19). The smallest absolute Gasteiger partial charge is 0.321 e. The Balaban J connectivity index is 2.02. The average Bonchev–Trinajstić information content (AvgIpc) is 2.38. The first-order valence-corrected chi connectivity index (χ1v) is 8.18. The van der Waals surface area contributed by atoms with Crippen molar-refractivity contribution in [3.05, 3.63) is 29.3 Å². The minimum Gasteiger partial charge on any atom is -0.323 e. The van der Waals surface area contributed by atoms with Gasteiger partial charge in [-0.1, -0.05) is 17.7 Å². The number of anilines is 1. The molecule has 3 N–H and O–H groups in total. The van der Waals surface area contributed by atoms with E-state index in [4.69, 9.17) is 16.7 Å². The summed E-state index contributed by atoms with van der Waals surface area (Å²) < 4.78 is 22.7. The lowest BCUT2D eigenvalue weighted by Gasteiger charge is -2.31. The van der Waals surface area contributed by atoms with Gasteiger partial charge < -0.3 is 10.2 Å². The molecule has 1 aliphatic heterocycles. The lowest BCUT2D eigenvalue weighted by Crippen LogP contribution is -2.48. The van der Waals surface area contributed by atoms with Crippen molar-refractivity contribution in [2.24, 2.45) is 5.14 Å². The SMILES string of the molecule is NS(=O)(=O)C1CCCN(C(=O)Nc2cccc(Cl)c2)C1. The molecule has 8 heteroatoms. The van der Waals surface area contributed by atoms with Crippen LogP contribution in [0.2, 0.25) is 5.02 Å². The molecule has 1 atom stereocenters. The lowest BCUT2D eigenvalue weighted by atomic mass is 10.1. The van der Waals surface area contributed by atoms with Gasteiger partial charge in [0.15, 0.2) is 0 Å². The number of rotatable bonds is 2. The monoisotopic (exact) mass is 317 g/mol. The number of benzene rings is 1. The fourth-order valence-corrected chi connectivity index (χ4v) is 3.23. The normalized spacial score (nSPS) is 19.7. The third-order valence-corrected chi connectivity index (χ3v) is 4.75. The summed E-state index contributed by atoms with van der Waals surface area (Å²) in [6.07, 6.45) is 1.10. The Morgan fingerprint density at radius 1 is 1.45 bits per heavy atom. The highest BCUT2D eigenvalue weighted by Crippen LogP contribution is 2.18. The Morgan fingerprint density at radius 3 is 2.85 bits per heavy atom. The van der Waals surface area contributed by atoms with Crippen LogP contribution in [0.4, 0.5) is 10.5 Å². The number of piperidine rings is 1. The third-order valence-electron chi connectivity index (χ3n) is 3.21. The number of carbonyl (C=O) groups is 1. The van der Waals surface area contributed by atoms with Crippen LogP contribution in [0.1, 0.15) is 12.8 Å². The summed E-state index contributed by atoms with van der Waals surface area (Å²) in [5, 5.41) is 7.66. The number of urea groups is 1. The number of nitrogens with one attached hydrogen (secondary N) is 1. The molecule has 0 bridgehead atoms. The third kappa shape index (κ3) is 3.84. The predicted octanol–water partition coefficient (Wildman–Crippen LogP) is 1.62. The zero-order chi connectivity index (χ0) is 14.8. The maximum atomic E-state index is 12.1. The molecule has 0 spiro atoms. The second-order valence-corrected chi connectivity index (χ2v) is 7.02. The highest BCUT2D eigenvalue weighted by atomic mass is 35.5. The number of nitrogens with zero attached hydrogens (tertiary/aromatic N) is 1. The summed E-state index contributed by atoms with van der Waals surface area (Å²) in [7, 11) is -3.61. The summed E-state index contributed by atoms with van der Waals surface area (Å²) in [5.74, 6) is 0. The second kappa shape index (κ2) is 5.99. The van der Waals surface area contributed by atoms with E-state index in [9.17, 15) is 13.2 Å². The molecule has 0 aromatic heterocycles. The van der Waals surface area contributed by atoms with Crippen molar-refractivity contribution in [3.63, 3.8) is 0 Å². The number of sulfonamides is 1. The topological polar surface area (TPSA) is 92.5 Å². The largest absolute Gasteiger partial charge is 0.323 e. The second-order valence-electron chi connectivity index (χ2n) is 4.74. The van der Waals surface area contributed by atoms with Crippen LogP contribution < -0.4 is 10.5 Å². The maximum absolute atomic E-state index is 12.1. The van der Waals surface area contributed by atoms with E-state index in [-0.39, 0.29) is 12.6 Å². The van der Waals surface area contributed by atoms with E-state index >= 15 is 0 Å². The van der Waals surface area contributed by atoms with Gasteiger partial charge in [-0.15, -0.1) is 0 Å². The molecule has 0 saturated carbocycles. The van der Waals surface area contributed by atoms with Gasteiger partial charge in [0.25, 0.3) is 0 Å². The highest BCUT2D eigenvalue weighted by molar-refractivity contribution is 7.89. The van der Waals surface area contributed by atoms with Crippen molar-refractivity contribution in [1.29, 1.82) is 0 Å². The number of amides is 2. The van der Waals surface area contributed by atoms with E-state index in [1.165, 1.54) is 4.90 Å². The lowest BCUT2D eigenvalue weighted by molar-refractivity contribution is 0.200. The van der Waals surface area contributed by atoms with Gasteiger partial charge in [-0.2, -0.15) is 0 Å². The molecule has 2 rings (SSSR count). The number of hydrogen-bond acceptors (Lipinski definition) is 3. The van der Waals surface area contributed by atoms with Gasteiger partial charge in [-0.3, -0.25) is 0 Å². The van der Waals surface area contributed by atoms with E-state index < -0.39 is 15.3 Å². The summed E-state index contributed by atoms with van der Waals surface area (Å²) in [6.45, 7) is 0.629. The molecule has 20 heavy (non-hydrogen) atoms. The predicted molar refractivity (Wildman–Crippen MR) is 78.2 cm³/mol. The fraction of sp³-hybridized carbons (Fsp3) is 0.417. The Hall–Kier alpha value is -1.31. The molecule has 1 aromatic rings. The first-order valence-electron chi connectivity index (χ1n) is 6.19. The first kappa shape index (κ1) is 15.1. The number of primary sulfonamides is 1. The van der Waals surface area contributed by atoms with E-state index in [1.54, 1.807) is 24.3 Å². The molecular formula is C12H16ClN3O3S. The van der Waals surface area contributed by atoms with Crippen LogP contribution in [0.5, 0.6) is 0 Å². The molecule has 1 unspecified atom stereocenters. The first-order chi connectivity index (χ1) is 9.36. The van der Waals surface area contributed by atoms with Gasteiger partial charge in [0.2, 0.25) is 10.0 Å². The van der Waals surface area contributed by atoms with Gasteiger partial charge in [0.1, 0.15) is 0 Å². The van der Waals surface area contributed by atoms with Crippen LogP contribution in [0, 0.1) is 0 Å². The van der Waals surface area contributed by atoms with Crippen LogP contribution in [-0.2, 0) is 10.0 Å². The van der Waals surface area contributed by atoms with Crippen molar-refractivity contribution in [1.82, 2.24) is 4.90 Å². The van der Waals surface area contributed by atoms with E-state index in [0.29, 0.717) is 30.1 Å². The van der Waals surface area contributed by atoms with Crippen molar-refractivity contribution >= 4 is 33.3 Å². The highest BCUT2D eigenvalue weighted by Gasteiger charge is 2.30. The number of hydrogen-bond donors (Lipinski definition) is 2. The van der Waals surface area contributed by atoms with E-state index in [0.717, 1.165) is 0 Å². The summed E-state index contributed by atoms with van der Waals surface area (Å²) >= 11 is 5.84. The summed E-state index contributed by atoms with van der Waals surface area (Å²) in [6, 6.07) is 6.42. The number of carbonyl (C=O) groups excluding carboxylic acids is 1. The Kier molecular flexibility index (Phi) is 4.52. The van der Waals surface area contributed by atoms with E-state index in [1.807, 2.05) is 0 Å². The van der Waals surface area contributed by atoms with Gasteiger partial charge in [-0.25, -0.2) is 18.4 Å². The fourth-order valence-electron chi connectivity index (χ4n) is 2.16. The summed E-state index contributed by atoms with van der Waals surface area (Å²) in [4.78, 5) is 13.5. The molecule has 1 heterocycles. The molecule has 1 saturated heterocycles. The zero-order valence-electron chi connectivity index (χ0n) is 10.8. The maximum Gasteiger partial charge on any atom is 0.321 e. The molecule has 2 amide bonds. The number of halogens is 1. The minimum absolute atomic E-state index is 0.116. The van der Waals surface area contributed by atoms with Crippen LogP contribution in [-0.4, -0.2) is 37.7 Å². The molecule has 0 aliphatic carbocycles. The van der Waals surface area contributed by atoms with Crippen molar-refractivity contribution in [3.8, 4) is 0 Å². The summed E-state index contributed by atoms with van der Waals surface area (Å²) in [5.41, 5.74) is 0.570. The van der Waals surface area contributed by atoms with Crippen LogP contribution in [0.15, 0.2) is 24.3 Å². The quantitative estimate of drug-likeness (QED) is 0.868. The van der Waals surface area contributed by atoms with Gasteiger partial charge >= 0.3 is 6.03 Å². The Labute approximate surface area is 122 Å². The van der Waals surface area contributed by atoms with Crippen LogP contribution >= 0.6 is 11.6 Å². The minimum atomic E-state index is -3.61. The molecule has 1 aromatic carbocycles. The molecule has 6 nitrogen and oxygen atoms in total.